The fraction of sp³-hybridized carbons (Fsp3) is 0.812. The monoisotopic (exact) mass is 338 g/mol. The third-order valence-corrected chi connectivity index (χ3v) is 4.77. The molecule has 0 radical (unpaired) electrons. The summed E-state index contributed by atoms with van der Waals surface area (Å²) >= 11 is 0. The molecule has 2 fully saturated rings. The second kappa shape index (κ2) is 7.48. The number of nitrogens with zero attached hydrogens (tertiary/aromatic N) is 3. The molecule has 24 heavy (non-hydrogen) atoms. The van der Waals surface area contributed by atoms with Gasteiger partial charge in [0.2, 0.25) is 5.89 Å². The Kier molecular flexibility index (Phi) is 5.35. The number of aromatic nitrogens is 2. The van der Waals surface area contributed by atoms with E-state index in [0.717, 1.165) is 12.8 Å². The highest BCUT2D eigenvalue weighted by atomic mass is 16.5. The minimum Gasteiger partial charge on any atom is -0.384 e. The average molecular weight is 338 g/mol. The van der Waals surface area contributed by atoms with E-state index < -0.39 is 0 Å². The zero-order valence-electron chi connectivity index (χ0n) is 14.4. The fourth-order valence-electron chi connectivity index (χ4n) is 3.42. The molecule has 134 valence electrons. The second-order valence-electron chi connectivity index (χ2n) is 6.62. The Morgan fingerprint density at radius 3 is 3.00 bits per heavy atom. The molecule has 1 N–H and O–H groups in total. The van der Waals surface area contributed by atoms with Gasteiger partial charge in [0.25, 0.3) is 0 Å². The van der Waals surface area contributed by atoms with Crippen LogP contribution in [0, 0.1) is 0 Å². The first-order valence-electron chi connectivity index (χ1n) is 8.63. The van der Waals surface area contributed by atoms with Gasteiger partial charge in [-0.25, -0.2) is 4.79 Å². The van der Waals surface area contributed by atoms with Crippen LogP contribution >= 0.6 is 0 Å². The second-order valence-corrected chi connectivity index (χ2v) is 6.62. The van der Waals surface area contributed by atoms with Gasteiger partial charge in [-0.1, -0.05) is 18.0 Å². The smallest absolute Gasteiger partial charge is 0.318 e. The van der Waals surface area contributed by atoms with Crippen LogP contribution in [0.1, 0.15) is 50.4 Å². The lowest BCUT2D eigenvalue weighted by Crippen LogP contribution is -2.55. The molecule has 1 atom stereocenters. The number of nitrogens with one attached hydrogen (secondary N) is 1. The number of morpholine rings is 1. The predicted octanol–water partition coefficient (Wildman–Crippen LogP) is 1.67. The molecule has 8 nitrogen and oxygen atoms in total. The molecular formula is C16H26N4O4. The van der Waals surface area contributed by atoms with Gasteiger partial charge in [0, 0.05) is 20.1 Å². The number of rotatable bonds is 5. The Hall–Kier alpha value is -1.67. The summed E-state index contributed by atoms with van der Waals surface area (Å²) < 4.78 is 16.2. The molecule has 0 aromatic carbocycles. The number of carbonyl (C=O) groups is 1. The number of hydrogen-bond donors (Lipinski definition) is 1. The maximum atomic E-state index is 12.6. The lowest BCUT2D eigenvalue weighted by atomic mass is 10.00. The van der Waals surface area contributed by atoms with Crippen LogP contribution < -0.4 is 5.32 Å². The van der Waals surface area contributed by atoms with Crippen molar-refractivity contribution < 1.29 is 18.8 Å². The van der Waals surface area contributed by atoms with Crippen molar-refractivity contribution >= 4 is 6.03 Å². The van der Waals surface area contributed by atoms with E-state index in [2.05, 4.69) is 15.5 Å². The number of amides is 2. The standard InChI is InChI=1S/C16H26N4O4/c1-12(14-18-13(19-24-14)5-9-22-2)17-15(21)20-8-10-23-16(11-20)6-3-4-7-16/h12H,3-11H2,1-2H3,(H,17,21)/t12-/m0/s1. The quantitative estimate of drug-likeness (QED) is 0.878. The van der Waals surface area contributed by atoms with Gasteiger partial charge in [0.15, 0.2) is 5.82 Å². The summed E-state index contributed by atoms with van der Waals surface area (Å²) in [6, 6.07) is -0.433. The maximum Gasteiger partial charge on any atom is 0.318 e. The predicted molar refractivity (Wildman–Crippen MR) is 85.5 cm³/mol. The fourth-order valence-corrected chi connectivity index (χ4v) is 3.42. The zero-order chi connectivity index (χ0) is 17.0. The summed E-state index contributed by atoms with van der Waals surface area (Å²) in [4.78, 5) is 18.7. The third-order valence-electron chi connectivity index (χ3n) is 4.77. The molecule has 1 saturated carbocycles. The first-order chi connectivity index (χ1) is 11.6. The molecule has 3 rings (SSSR count). The van der Waals surface area contributed by atoms with Crippen LogP contribution in [-0.4, -0.2) is 60.1 Å². The molecule has 2 heterocycles. The summed E-state index contributed by atoms with van der Waals surface area (Å²) in [7, 11) is 1.63. The molecule has 1 aromatic rings. The largest absolute Gasteiger partial charge is 0.384 e. The molecular weight excluding hydrogens is 312 g/mol. The topological polar surface area (TPSA) is 89.7 Å². The molecule has 1 aromatic heterocycles. The van der Waals surface area contributed by atoms with Gasteiger partial charge < -0.3 is 24.2 Å². The molecule has 2 amide bonds. The van der Waals surface area contributed by atoms with Crippen molar-refractivity contribution in [2.45, 2.75) is 50.7 Å². The normalized spacial score (nSPS) is 21.2. The van der Waals surface area contributed by atoms with Gasteiger partial charge in [-0.15, -0.1) is 0 Å². The van der Waals surface area contributed by atoms with E-state index in [9.17, 15) is 4.79 Å². The van der Waals surface area contributed by atoms with Crippen LogP contribution in [0.15, 0.2) is 4.52 Å². The summed E-state index contributed by atoms with van der Waals surface area (Å²) in [5, 5.41) is 6.85. The number of hydrogen-bond acceptors (Lipinski definition) is 6. The summed E-state index contributed by atoms with van der Waals surface area (Å²) in [5.74, 6) is 1.00. The lowest BCUT2D eigenvalue weighted by Gasteiger charge is -2.40. The minimum atomic E-state index is -0.330. The van der Waals surface area contributed by atoms with E-state index in [-0.39, 0.29) is 17.7 Å². The highest BCUT2D eigenvalue weighted by molar-refractivity contribution is 5.74. The lowest BCUT2D eigenvalue weighted by molar-refractivity contribution is -0.0927. The number of methoxy groups -OCH3 is 1. The molecule has 8 heteroatoms. The average Bonchev–Trinajstić information content (AvgIpc) is 3.23. The molecule has 1 spiro atoms. The van der Waals surface area contributed by atoms with Gasteiger partial charge in [-0.3, -0.25) is 0 Å². The van der Waals surface area contributed by atoms with E-state index >= 15 is 0 Å². The minimum absolute atomic E-state index is 0.103. The van der Waals surface area contributed by atoms with Crippen LogP contribution in [0.3, 0.4) is 0 Å². The molecule has 2 aliphatic rings. The van der Waals surface area contributed by atoms with Crippen molar-refractivity contribution in [2.75, 3.05) is 33.4 Å². The van der Waals surface area contributed by atoms with Crippen molar-refractivity contribution in [2.24, 2.45) is 0 Å². The van der Waals surface area contributed by atoms with Crippen molar-refractivity contribution in [1.82, 2.24) is 20.4 Å². The summed E-state index contributed by atoms with van der Waals surface area (Å²) in [6.07, 6.45) is 5.03. The van der Waals surface area contributed by atoms with Crippen molar-refractivity contribution in [3.63, 3.8) is 0 Å². The Labute approximate surface area is 141 Å². The van der Waals surface area contributed by atoms with E-state index in [1.807, 2.05) is 11.8 Å². The van der Waals surface area contributed by atoms with Crippen LogP contribution in [0.5, 0.6) is 0 Å². The van der Waals surface area contributed by atoms with Crippen molar-refractivity contribution in [1.29, 1.82) is 0 Å². The maximum absolute atomic E-state index is 12.6. The van der Waals surface area contributed by atoms with Crippen LogP contribution in [0.4, 0.5) is 4.79 Å². The van der Waals surface area contributed by atoms with Gasteiger partial charge >= 0.3 is 6.03 Å². The van der Waals surface area contributed by atoms with Crippen LogP contribution in [0.25, 0.3) is 0 Å². The molecule has 0 bridgehead atoms. The molecule has 0 unspecified atom stereocenters. The molecule has 1 aliphatic carbocycles. The van der Waals surface area contributed by atoms with Crippen LogP contribution in [0.2, 0.25) is 0 Å². The number of carbonyl (C=O) groups excluding carboxylic acids is 1. The highest BCUT2D eigenvalue weighted by Gasteiger charge is 2.40. The van der Waals surface area contributed by atoms with E-state index in [0.29, 0.717) is 44.4 Å². The Bertz CT molecular complexity index is 556. The Balaban J connectivity index is 1.54. The van der Waals surface area contributed by atoms with Crippen molar-refractivity contribution in [3.05, 3.63) is 11.7 Å². The van der Waals surface area contributed by atoms with E-state index in [1.165, 1.54) is 12.8 Å². The highest BCUT2D eigenvalue weighted by Crippen LogP contribution is 2.35. The number of ether oxygens (including phenoxy) is 2. The van der Waals surface area contributed by atoms with E-state index in [1.54, 1.807) is 7.11 Å². The van der Waals surface area contributed by atoms with Crippen LogP contribution in [-0.2, 0) is 15.9 Å². The molecule has 1 saturated heterocycles. The van der Waals surface area contributed by atoms with Gasteiger partial charge in [-0.2, -0.15) is 4.98 Å². The summed E-state index contributed by atoms with van der Waals surface area (Å²) in [6.45, 7) is 4.26. The van der Waals surface area contributed by atoms with Gasteiger partial charge in [-0.05, 0) is 19.8 Å². The zero-order valence-corrected chi connectivity index (χ0v) is 14.4. The Morgan fingerprint density at radius 2 is 2.25 bits per heavy atom. The van der Waals surface area contributed by atoms with Crippen molar-refractivity contribution in [3.8, 4) is 0 Å². The molecule has 1 aliphatic heterocycles. The third kappa shape index (κ3) is 3.87. The summed E-state index contributed by atoms with van der Waals surface area (Å²) in [5.41, 5.74) is -0.128. The first kappa shape index (κ1) is 17.2. The SMILES string of the molecule is COCCc1noc([C@H](C)NC(=O)N2CCOC3(CCCC3)C2)n1. The van der Waals surface area contributed by atoms with Gasteiger partial charge in [0.05, 0.1) is 25.4 Å². The first-order valence-corrected chi connectivity index (χ1v) is 8.63. The Morgan fingerprint density at radius 1 is 1.46 bits per heavy atom. The van der Waals surface area contributed by atoms with E-state index in [4.69, 9.17) is 14.0 Å². The number of urea groups is 1. The van der Waals surface area contributed by atoms with Gasteiger partial charge in [0.1, 0.15) is 6.04 Å².